The minimum atomic E-state index is -0.165. The molecule has 0 atom stereocenters. The Labute approximate surface area is 89.6 Å². The quantitative estimate of drug-likeness (QED) is 0.753. The van der Waals surface area contributed by atoms with E-state index >= 15 is 0 Å². The molecular weight excluding hydrogens is 194 g/mol. The summed E-state index contributed by atoms with van der Waals surface area (Å²) in [5.74, 6) is 1.00. The molecule has 1 aromatic rings. The van der Waals surface area contributed by atoms with Crippen LogP contribution in [0.5, 0.6) is 0 Å². The van der Waals surface area contributed by atoms with Gasteiger partial charge in [-0.3, -0.25) is 4.79 Å². The van der Waals surface area contributed by atoms with Crippen molar-refractivity contribution in [3.63, 3.8) is 0 Å². The fourth-order valence-corrected chi connectivity index (χ4v) is 1.19. The predicted molar refractivity (Wildman–Crippen MR) is 57.0 cm³/mol. The van der Waals surface area contributed by atoms with Crippen molar-refractivity contribution in [3.8, 4) is 0 Å². The number of rotatable bonds is 5. The van der Waals surface area contributed by atoms with Crippen molar-refractivity contribution in [1.29, 1.82) is 0 Å². The van der Waals surface area contributed by atoms with Gasteiger partial charge in [-0.25, -0.2) is 0 Å². The van der Waals surface area contributed by atoms with Gasteiger partial charge in [0.25, 0.3) is 5.91 Å². The van der Waals surface area contributed by atoms with Gasteiger partial charge in [0, 0.05) is 20.3 Å². The zero-order valence-corrected chi connectivity index (χ0v) is 9.42. The fourth-order valence-electron chi connectivity index (χ4n) is 1.19. The molecule has 0 aliphatic heterocycles. The fraction of sp³-hybridized carbons (Fsp3) is 0.545. The molecule has 1 rings (SSSR count). The number of carbonyl (C=O) groups excluding carboxylic acids is 1. The number of ether oxygens (including phenoxy) is 1. The highest BCUT2D eigenvalue weighted by Crippen LogP contribution is 2.12. The maximum absolute atomic E-state index is 11.5. The molecule has 4 nitrogen and oxygen atoms in total. The Bertz CT molecular complexity index is 311. The average molecular weight is 211 g/mol. The Morgan fingerprint density at radius 1 is 1.53 bits per heavy atom. The minimum absolute atomic E-state index is 0.165. The van der Waals surface area contributed by atoms with Crippen molar-refractivity contribution in [3.05, 3.63) is 23.2 Å². The van der Waals surface area contributed by atoms with E-state index in [1.807, 2.05) is 13.8 Å². The van der Waals surface area contributed by atoms with Gasteiger partial charge in [-0.1, -0.05) is 0 Å². The van der Waals surface area contributed by atoms with E-state index < -0.39 is 0 Å². The Kier molecular flexibility index (Phi) is 4.37. The molecule has 1 amide bonds. The molecule has 0 fully saturated rings. The molecule has 0 aliphatic carbocycles. The van der Waals surface area contributed by atoms with Crippen molar-refractivity contribution in [2.24, 2.45) is 0 Å². The number of aryl methyl sites for hydroxylation is 2. The van der Waals surface area contributed by atoms with Crippen LogP contribution in [0, 0.1) is 13.8 Å². The molecule has 0 unspecified atom stereocenters. The molecule has 84 valence electrons. The van der Waals surface area contributed by atoms with E-state index in [1.165, 1.54) is 0 Å². The van der Waals surface area contributed by atoms with Gasteiger partial charge >= 0.3 is 0 Å². The van der Waals surface area contributed by atoms with Crippen molar-refractivity contribution in [2.45, 2.75) is 20.3 Å². The van der Waals surface area contributed by atoms with Gasteiger partial charge in [0.15, 0.2) is 5.76 Å². The van der Waals surface area contributed by atoms with E-state index in [0.717, 1.165) is 17.7 Å². The summed E-state index contributed by atoms with van der Waals surface area (Å²) in [4.78, 5) is 11.5. The zero-order chi connectivity index (χ0) is 11.3. The van der Waals surface area contributed by atoms with Crippen molar-refractivity contribution >= 4 is 5.91 Å². The van der Waals surface area contributed by atoms with Crippen molar-refractivity contribution in [1.82, 2.24) is 5.32 Å². The molecular formula is C11H17NO3. The lowest BCUT2D eigenvalue weighted by Crippen LogP contribution is -2.24. The van der Waals surface area contributed by atoms with E-state index in [9.17, 15) is 4.79 Å². The SMILES string of the molecule is COCCCNC(=O)c1cc(C)c(C)o1. The molecule has 4 heteroatoms. The smallest absolute Gasteiger partial charge is 0.287 e. The second kappa shape index (κ2) is 5.56. The van der Waals surface area contributed by atoms with Crippen LogP contribution >= 0.6 is 0 Å². The van der Waals surface area contributed by atoms with Crippen LogP contribution in [0.4, 0.5) is 0 Å². The van der Waals surface area contributed by atoms with Crippen LogP contribution in [0.2, 0.25) is 0 Å². The van der Waals surface area contributed by atoms with Crippen LogP contribution in [-0.4, -0.2) is 26.2 Å². The molecule has 1 heterocycles. The lowest BCUT2D eigenvalue weighted by atomic mass is 10.3. The lowest BCUT2D eigenvalue weighted by molar-refractivity contribution is 0.0919. The van der Waals surface area contributed by atoms with Gasteiger partial charge in [-0.2, -0.15) is 0 Å². The average Bonchev–Trinajstić information content (AvgIpc) is 2.54. The van der Waals surface area contributed by atoms with E-state index in [0.29, 0.717) is 18.9 Å². The maximum atomic E-state index is 11.5. The van der Waals surface area contributed by atoms with Gasteiger partial charge in [0.2, 0.25) is 0 Å². The number of hydrogen-bond acceptors (Lipinski definition) is 3. The third-order valence-electron chi connectivity index (χ3n) is 2.20. The Balaban J connectivity index is 2.40. The third kappa shape index (κ3) is 3.40. The summed E-state index contributed by atoms with van der Waals surface area (Å²) in [6, 6.07) is 1.75. The summed E-state index contributed by atoms with van der Waals surface area (Å²) in [5.41, 5.74) is 0.997. The largest absolute Gasteiger partial charge is 0.456 e. The van der Waals surface area contributed by atoms with E-state index in [4.69, 9.17) is 9.15 Å². The first kappa shape index (κ1) is 11.8. The first-order valence-electron chi connectivity index (χ1n) is 4.99. The van der Waals surface area contributed by atoms with Crippen LogP contribution in [0.1, 0.15) is 28.3 Å². The summed E-state index contributed by atoms with van der Waals surface area (Å²) in [7, 11) is 1.64. The van der Waals surface area contributed by atoms with E-state index in [-0.39, 0.29) is 5.91 Å². The van der Waals surface area contributed by atoms with Crippen molar-refractivity contribution in [2.75, 3.05) is 20.3 Å². The van der Waals surface area contributed by atoms with E-state index in [1.54, 1.807) is 13.2 Å². The van der Waals surface area contributed by atoms with Crippen LogP contribution in [0.15, 0.2) is 10.5 Å². The zero-order valence-electron chi connectivity index (χ0n) is 9.42. The Morgan fingerprint density at radius 2 is 2.27 bits per heavy atom. The van der Waals surface area contributed by atoms with Crippen LogP contribution in [-0.2, 0) is 4.74 Å². The highest BCUT2D eigenvalue weighted by Gasteiger charge is 2.11. The van der Waals surface area contributed by atoms with Gasteiger partial charge < -0.3 is 14.5 Å². The number of carbonyl (C=O) groups is 1. The van der Waals surface area contributed by atoms with Gasteiger partial charge in [-0.05, 0) is 31.9 Å². The molecule has 0 saturated carbocycles. The molecule has 0 bridgehead atoms. The van der Waals surface area contributed by atoms with Crippen molar-refractivity contribution < 1.29 is 13.9 Å². The predicted octanol–water partition coefficient (Wildman–Crippen LogP) is 1.66. The summed E-state index contributed by atoms with van der Waals surface area (Å²) < 4.78 is 10.2. The minimum Gasteiger partial charge on any atom is -0.456 e. The second-order valence-corrected chi connectivity index (χ2v) is 3.45. The number of methoxy groups -OCH3 is 1. The number of furan rings is 1. The number of nitrogens with one attached hydrogen (secondary N) is 1. The maximum Gasteiger partial charge on any atom is 0.287 e. The molecule has 0 spiro atoms. The summed E-state index contributed by atoms with van der Waals surface area (Å²) in [6.07, 6.45) is 0.806. The second-order valence-electron chi connectivity index (χ2n) is 3.45. The van der Waals surface area contributed by atoms with E-state index in [2.05, 4.69) is 5.32 Å². The van der Waals surface area contributed by atoms with Crippen LogP contribution in [0.25, 0.3) is 0 Å². The third-order valence-corrected chi connectivity index (χ3v) is 2.20. The highest BCUT2D eigenvalue weighted by atomic mass is 16.5. The summed E-state index contributed by atoms with van der Waals surface area (Å²) in [5, 5.41) is 2.76. The highest BCUT2D eigenvalue weighted by molar-refractivity contribution is 5.91. The van der Waals surface area contributed by atoms with Crippen LogP contribution < -0.4 is 5.32 Å². The molecule has 0 radical (unpaired) electrons. The monoisotopic (exact) mass is 211 g/mol. The van der Waals surface area contributed by atoms with Gasteiger partial charge in [-0.15, -0.1) is 0 Å². The normalized spacial score (nSPS) is 10.3. The molecule has 1 N–H and O–H groups in total. The van der Waals surface area contributed by atoms with Gasteiger partial charge in [0.1, 0.15) is 5.76 Å². The lowest BCUT2D eigenvalue weighted by Gasteiger charge is -2.01. The summed E-state index contributed by atoms with van der Waals surface area (Å²) >= 11 is 0. The standard InChI is InChI=1S/C11H17NO3/c1-8-7-10(15-9(8)2)11(13)12-5-4-6-14-3/h7H,4-6H2,1-3H3,(H,12,13). The van der Waals surface area contributed by atoms with Crippen LogP contribution in [0.3, 0.4) is 0 Å². The Morgan fingerprint density at radius 3 is 2.80 bits per heavy atom. The first-order valence-corrected chi connectivity index (χ1v) is 4.99. The molecule has 15 heavy (non-hydrogen) atoms. The topological polar surface area (TPSA) is 51.5 Å². The summed E-state index contributed by atoms with van der Waals surface area (Å²) in [6.45, 7) is 5.01. The number of amides is 1. The molecule has 0 aliphatic rings. The molecule has 0 aromatic carbocycles. The van der Waals surface area contributed by atoms with Gasteiger partial charge in [0.05, 0.1) is 0 Å². The Hall–Kier alpha value is -1.29. The number of hydrogen-bond donors (Lipinski definition) is 1. The molecule has 1 aromatic heterocycles. The first-order chi connectivity index (χ1) is 7.15. The molecule has 0 saturated heterocycles.